The number of benzene rings is 1. The second kappa shape index (κ2) is 4.98. The van der Waals surface area contributed by atoms with E-state index in [1.807, 2.05) is 0 Å². The molecule has 0 saturated carbocycles. The summed E-state index contributed by atoms with van der Waals surface area (Å²) in [5.41, 5.74) is -1.06. The molecule has 9 heteroatoms. The van der Waals surface area contributed by atoms with E-state index in [1.54, 1.807) is 0 Å². The van der Waals surface area contributed by atoms with Gasteiger partial charge in [0.1, 0.15) is 11.5 Å². The Bertz CT molecular complexity index is 477. The summed E-state index contributed by atoms with van der Waals surface area (Å²) in [6, 6.07) is 1.83. The normalized spacial score (nSPS) is 12.2. The Balaban J connectivity index is 3.21. The van der Waals surface area contributed by atoms with Gasteiger partial charge in [-0.3, -0.25) is 4.79 Å². The Hall–Kier alpha value is -1.93. The largest absolute Gasteiger partial charge is 0.573 e. The SMILES string of the molecule is COc1ccc(OC(F)(F)F)cc1C(=O)C(F)(F)F. The van der Waals surface area contributed by atoms with Gasteiger partial charge in [0.15, 0.2) is 0 Å². The van der Waals surface area contributed by atoms with Crippen LogP contribution in [-0.4, -0.2) is 25.4 Å². The first-order chi connectivity index (χ1) is 8.54. The molecule has 0 amide bonds. The van der Waals surface area contributed by atoms with Crippen molar-refractivity contribution < 1.29 is 40.6 Å². The van der Waals surface area contributed by atoms with Gasteiger partial charge in [-0.25, -0.2) is 0 Å². The maximum Gasteiger partial charge on any atom is 0.573 e. The molecule has 19 heavy (non-hydrogen) atoms. The van der Waals surface area contributed by atoms with Crippen molar-refractivity contribution in [2.24, 2.45) is 0 Å². The standard InChI is InChI=1S/C10H6F6O3/c1-18-7-3-2-5(19-10(14,15)16)4-6(7)8(17)9(11,12)13/h2-4H,1H3. The summed E-state index contributed by atoms with van der Waals surface area (Å²) in [5, 5.41) is 0. The fourth-order valence-electron chi connectivity index (χ4n) is 1.21. The highest BCUT2D eigenvalue weighted by atomic mass is 19.4. The summed E-state index contributed by atoms with van der Waals surface area (Å²) in [4.78, 5) is 11.0. The van der Waals surface area contributed by atoms with E-state index in [9.17, 15) is 31.1 Å². The number of carbonyl (C=O) groups excluding carboxylic acids is 1. The second-order valence-corrected chi connectivity index (χ2v) is 3.24. The minimum atomic E-state index is -5.23. The van der Waals surface area contributed by atoms with E-state index in [-0.39, 0.29) is 0 Å². The van der Waals surface area contributed by atoms with Crippen molar-refractivity contribution >= 4 is 5.78 Å². The van der Waals surface area contributed by atoms with Crippen LogP contribution in [0.25, 0.3) is 0 Å². The Morgan fingerprint density at radius 3 is 2.11 bits per heavy atom. The summed E-state index contributed by atoms with van der Waals surface area (Å²) in [5.74, 6) is -3.77. The zero-order valence-electron chi connectivity index (χ0n) is 9.22. The molecule has 0 saturated heterocycles. The highest BCUT2D eigenvalue weighted by Gasteiger charge is 2.41. The number of ether oxygens (including phenoxy) is 2. The lowest BCUT2D eigenvalue weighted by atomic mass is 10.1. The molecule has 1 aromatic carbocycles. The van der Waals surface area contributed by atoms with Crippen molar-refractivity contribution in [1.29, 1.82) is 0 Å². The molecule has 0 fully saturated rings. The number of methoxy groups -OCH3 is 1. The summed E-state index contributed by atoms with van der Waals surface area (Å²) in [7, 11) is 0.979. The molecule has 1 rings (SSSR count). The first-order valence-corrected chi connectivity index (χ1v) is 4.60. The minimum Gasteiger partial charge on any atom is -0.496 e. The van der Waals surface area contributed by atoms with Crippen molar-refractivity contribution in [3.8, 4) is 11.5 Å². The molecule has 3 nitrogen and oxygen atoms in total. The average molecular weight is 288 g/mol. The molecule has 0 aliphatic heterocycles. The maximum absolute atomic E-state index is 12.3. The van der Waals surface area contributed by atoms with Crippen LogP contribution in [0.4, 0.5) is 26.3 Å². The fourth-order valence-corrected chi connectivity index (χ4v) is 1.21. The number of halogens is 6. The maximum atomic E-state index is 12.3. The smallest absolute Gasteiger partial charge is 0.496 e. The number of carbonyl (C=O) groups is 1. The van der Waals surface area contributed by atoms with Crippen molar-refractivity contribution in [1.82, 2.24) is 0 Å². The van der Waals surface area contributed by atoms with Gasteiger partial charge in [-0.05, 0) is 18.2 Å². The van der Waals surface area contributed by atoms with Gasteiger partial charge in [0.25, 0.3) is 5.78 Å². The molecule has 0 radical (unpaired) electrons. The quantitative estimate of drug-likeness (QED) is 0.632. The molecule has 0 N–H and O–H groups in total. The van der Waals surface area contributed by atoms with E-state index in [1.165, 1.54) is 0 Å². The van der Waals surface area contributed by atoms with Crippen LogP contribution < -0.4 is 9.47 Å². The predicted molar refractivity (Wildman–Crippen MR) is 50.1 cm³/mol. The van der Waals surface area contributed by atoms with E-state index in [0.717, 1.165) is 19.2 Å². The fraction of sp³-hybridized carbons (Fsp3) is 0.300. The van der Waals surface area contributed by atoms with E-state index < -0.39 is 35.4 Å². The van der Waals surface area contributed by atoms with Gasteiger partial charge in [-0.15, -0.1) is 13.2 Å². The van der Waals surface area contributed by atoms with E-state index >= 15 is 0 Å². The number of alkyl halides is 6. The van der Waals surface area contributed by atoms with Gasteiger partial charge in [0, 0.05) is 0 Å². The monoisotopic (exact) mass is 288 g/mol. The number of hydrogen-bond donors (Lipinski definition) is 0. The van der Waals surface area contributed by atoms with E-state index in [0.29, 0.717) is 6.07 Å². The summed E-state index contributed by atoms with van der Waals surface area (Å²) in [6.45, 7) is 0. The van der Waals surface area contributed by atoms with E-state index in [2.05, 4.69) is 9.47 Å². The Morgan fingerprint density at radius 1 is 1.11 bits per heavy atom. The zero-order valence-corrected chi connectivity index (χ0v) is 9.22. The molecular weight excluding hydrogens is 282 g/mol. The Morgan fingerprint density at radius 2 is 1.68 bits per heavy atom. The van der Waals surface area contributed by atoms with Gasteiger partial charge in [0.2, 0.25) is 0 Å². The third kappa shape index (κ3) is 4.04. The van der Waals surface area contributed by atoms with Crippen LogP contribution in [0.1, 0.15) is 10.4 Å². The number of hydrogen-bond acceptors (Lipinski definition) is 3. The topological polar surface area (TPSA) is 35.5 Å². The van der Waals surface area contributed by atoms with Gasteiger partial charge in [-0.2, -0.15) is 13.2 Å². The highest BCUT2D eigenvalue weighted by molar-refractivity contribution is 6.02. The second-order valence-electron chi connectivity index (χ2n) is 3.24. The van der Waals surface area contributed by atoms with Crippen molar-refractivity contribution in [3.05, 3.63) is 23.8 Å². The third-order valence-corrected chi connectivity index (χ3v) is 1.91. The van der Waals surface area contributed by atoms with Gasteiger partial charge < -0.3 is 9.47 Å². The Kier molecular flexibility index (Phi) is 3.97. The van der Waals surface area contributed by atoms with Crippen molar-refractivity contribution in [3.63, 3.8) is 0 Å². The predicted octanol–water partition coefficient (Wildman–Crippen LogP) is 3.34. The third-order valence-electron chi connectivity index (χ3n) is 1.91. The van der Waals surface area contributed by atoms with Crippen LogP contribution in [0.2, 0.25) is 0 Å². The Labute approximate surface area is 102 Å². The molecule has 0 bridgehead atoms. The average Bonchev–Trinajstić information content (AvgIpc) is 2.24. The molecule has 0 aromatic heterocycles. The van der Waals surface area contributed by atoms with Crippen LogP contribution in [0.5, 0.6) is 11.5 Å². The number of ketones is 1. The number of rotatable bonds is 3. The van der Waals surface area contributed by atoms with Crippen molar-refractivity contribution in [2.75, 3.05) is 7.11 Å². The summed E-state index contributed by atoms with van der Waals surface area (Å²) < 4.78 is 80.5. The lowest BCUT2D eigenvalue weighted by Gasteiger charge is -2.13. The van der Waals surface area contributed by atoms with Gasteiger partial charge >= 0.3 is 12.5 Å². The first-order valence-electron chi connectivity index (χ1n) is 4.60. The molecule has 0 heterocycles. The van der Waals surface area contributed by atoms with Gasteiger partial charge in [-0.1, -0.05) is 0 Å². The molecule has 0 spiro atoms. The number of Topliss-reactive ketones (excluding diaryl/α,β-unsaturated/α-hetero) is 1. The summed E-state index contributed by atoms with van der Waals surface area (Å²) in [6.07, 6.45) is -10.3. The molecule has 0 unspecified atom stereocenters. The summed E-state index contributed by atoms with van der Waals surface area (Å²) >= 11 is 0. The zero-order chi connectivity index (χ0) is 14.8. The molecule has 0 atom stereocenters. The van der Waals surface area contributed by atoms with Gasteiger partial charge in [0.05, 0.1) is 12.7 Å². The first kappa shape index (κ1) is 15.1. The van der Waals surface area contributed by atoms with Crippen LogP contribution in [-0.2, 0) is 0 Å². The van der Waals surface area contributed by atoms with E-state index in [4.69, 9.17) is 0 Å². The van der Waals surface area contributed by atoms with Crippen molar-refractivity contribution in [2.45, 2.75) is 12.5 Å². The van der Waals surface area contributed by atoms with Crippen LogP contribution in [0.3, 0.4) is 0 Å². The molecule has 1 aromatic rings. The molecule has 0 aliphatic rings. The van der Waals surface area contributed by atoms with Crippen LogP contribution in [0, 0.1) is 0 Å². The van der Waals surface area contributed by atoms with Crippen LogP contribution in [0.15, 0.2) is 18.2 Å². The molecule has 0 aliphatic carbocycles. The lowest BCUT2D eigenvalue weighted by Crippen LogP contribution is -2.24. The molecular formula is C10H6F6O3. The minimum absolute atomic E-state index is 0.322. The highest BCUT2D eigenvalue weighted by Crippen LogP contribution is 2.32. The lowest BCUT2D eigenvalue weighted by molar-refractivity contribution is -0.274. The molecule has 106 valence electrons. The van der Waals surface area contributed by atoms with Crippen LogP contribution >= 0.6 is 0 Å².